The summed E-state index contributed by atoms with van der Waals surface area (Å²) in [5.41, 5.74) is 0. The van der Waals surface area contributed by atoms with Crippen LogP contribution in [-0.2, 0) is 0 Å². The summed E-state index contributed by atoms with van der Waals surface area (Å²) in [5, 5.41) is 3.71. The standard InChI is InChI=1S/C15H23Br2NS/c1-3-10-5-7-11(8-6-10)14(18-4-2)13-9-12(16)15(17)19-13/h9-11,14,18H,3-8H2,1-2H3. The summed E-state index contributed by atoms with van der Waals surface area (Å²) in [6.45, 7) is 5.59. The topological polar surface area (TPSA) is 12.0 Å². The van der Waals surface area contributed by atoms with Gasteiger partial charge in [-0.3, -0.25) is 0 Å². The average Bonchev–Trinajstić information content (AvgIpc) is 2.76. The van der Waals surface area contributed by atoms with E-state index in [-0.39, 0.29) is 0 Å². The Morgan fingerprint density at radius 2 is 1.95 bits per heavy atom. The Kier molecular flexibility index (Phi) is 6.38. The molecule has 4 heteroatoms. The van der Waals surface area contributed by atoms with Gasteiger partial charge in [-0.1, -0.05) is 33.1 Å². The second-order valence-corrected chi connectivity index (χ2v) is 8.75. The summed E-state index contributed by atoms with van der Waals surface area (Å²) in [4.78, 5) is 1.47. The van der Waals surface area contributed by atoms with Gasteiger partial charge in [0, 0.05) is 15.4 Å². The first-order valence-corrected chi connectivity index (χ1v) is 9.74. The molecule has 1 atom stereocenters. The Bertz CT molecular complexity index is 377. The van der Waals surface area contributed by atoms with Gasteiger partial charge in [-0.25, -0.2) is 0 Å². The maximum atomic E-state index is 3.71. The van der Waals surface area contributed by atoms with E-state index in [0.29, 0.717) is 6.04 Å². The summed E-state index contributed by atoms with van der Waals surface area (Å²) >= 11 is 9.11. The van der Waals surface area contributed by atoms with Crippen molar-refractivity contribution in [1.82, 2.24) is 5.32 Å². The van der Waals surface area contributed by atoms with Crippen molar-refractivity contribution in [3.05, 3.63) is 19.2 Å². The highest BCUT2D eigenvalue weighted by molar-refractivity contribution is 9.13. The Labute approximate surface area is 137 Å². The lowest BCUT2D eigenvalue weighted by molar-refractivity contribution is 0.222. The summed E-state index contributed by atoms with van der Waals surface area (Å²) in [6.07, 6.45) is 6.94. The fourth-order valence-electron chi connectivity index (χ4n) is 3.17. The van der Waals surface area contributed by atoms with Crippen molar-refractivity contribution < 1.29 is 0 Å². The van der Waals surface area contributed by atoms with Gasteiger partial charge >= 0.3 is 0 Å². The molecule has 0 amide bonds. The Morgan fingerprint density at radius 1 is 1.26 bits per heavy atom. The number of thiophene rings is 1. The van der Waals surface area contributed by atoms with Crippen LogP contribution in [0.25, 0.3) is 0 Å². The smallest absolute Gasteiger partial charge is 0.0843 e. The Hall–Kier alpha value is 0.620. The molecule has 0 saturated heterocycles. The zero-order valence-corrected chi connectivity index (χ0v) is 15.7. The van der Waals surface area contributed by atoms with E-state index >= 15 is 0 Å². The minimum absolute atomic E-state index is 0.537. The lowest BCUT2D eigenvalue weighted by Gasteiger charge is -2.33. The molecule has 1 nitrogen and oxygen atoms in total. The summed E-state index contributed by atoms with van der Waals surface area (Å²) in [5.74, 6) is 1.78. The van der Waals surface area contributed by atoms with Crippen LogP contribution in [0.1, 0.15) is 56.9 Å². The monoisotopic (exact) mass is 407 g/mol. The molecular formula is C15H23Br2NS. The molecule has 1 aromatic heterocycles. The van der Waals surface area contributed by atoms with Crippen molar-refractivity contribution in [1.29, 1.82) is 0 Å². The summed E-state index contributed by atoms with van der Waals surface area (Å²) in [7, 11) is 0. The molecule has 1 aliphatic rings. The number of rotatable bonds is 5. The van der Waals surface area contributed by atoms with Gasteiger partial charge in [0.15, 0.2) is 0 Å². The van der Waals surface area contributed by atoms with Gasteiger partial charge in [0.25, 0.3) is 0 Å². The van der Waals surface area contributed by atoms with Crippen LogP contribution in [0, 0.1) is 11.8 Å². The van der Waals surface area contributed by atoms with Gasteiger partial charge in [-0.15, -0.1) is 11.3 Å². The molecule has 1 N–H and O–H groups in total. The first-order valence-electron chi connectivity index (χ1n) is 7.33. The Balaban J connectivity index is 2.08. The molecule has 0 bridgehead atoms. The van der Waals surface area contributed by atoms with E-state index in [4.69, 9.17) is 0 Å². The Morgan fingerprint density at radius 3 is 2.42 bits per heavy atom. The third kappa shape index (κ3) is 4.05. The maximum absolute atomic E-state index is 3.71. The largest absolute Gasteiger partial charge is 0.309 e. The van der Waals surface area contributed by atoms with Crippen molar-refractivity contribution in [3.63, 3.8) is 0 Å². The molecule has 0 radical (unpaired) electrons. The van der Waals surface area contributed by atoms with Gasteiger partial charge in [0.2, 0.25) is 0 Å². The SMILES string of the molecule is CCNC(c1cc(Br)c(Br)s1)C1CCC(CC)CC1. The zero-order valence-electron chi connectivity index (χ0n) is 11.7. The summed E-state index contributed by atoms with van der Waals surface area (Å²) in [6, 6.07) is 2.82. The predicted molar refractivity (Wildman–Crippen MR) is 91.9 cm³/mol. The highest BCUT2D eigenvalue weighted by atomic mass is 79.9. The van der Waals surface area contributed by atoms with Crippen molar-refractivity contribution in [3.8, 4) is 0 Å². The van der Waals surface area contributed by atoms with Crippen LogP contribution in [0.3, 0.4) is 0 Å². The molecule has 1 aromatic rings. The molecule has 1 heterocycles. The molecule has 0 spiro atoms. The normalized spacial score (nSPS) is 25.5. The minimum atomic E-state index is 0.537. The van der Waals surface area contributed by atoms with Gasteiger partial charge in [0.05, 0.1) is 3.79 Å². The lowest BCUT2D eigenvalue weighted by Crippen LogP contribution is -2.30. The zero-order chi connectivity index (χ0) is 13.8. The van der Waals surface area contributed by atoms with E-state index in [1.165, 1.54) is 45.2 Å². The number of halogens is 2. The average molecular weight is 409 g/mol. The maximum Gasteiger partial charge on any atom is 0.0843 e. The van der Waals surface area contributed by atoms with Crippen LogP contribution < -0.4 is 5.32 Å². The van der Waals surface area contributed by atoms with Crippen molar-refractivity contribution >= 4 is 43.2 Å². The van der Waals surface area contributed by atoms with Crippen molar-refractivity contribution in [2.24, 2.45) is 11.8 Å². The van der Waals surface area contributed by atoms with E-state index < -0.39 is 0 Å². The second kappa shape index (κ2) is 7.58. The third-order valence-electron chi connectivity index (χ3n) is 4.33. The first kappa shape index (κ1) is 16.0. The predicted octanol–water partition coefficient (Wildman–Crippen LogP) is 6.14. The van der Waals surface area contributed by atoms with E-state index in [9.17, 15) is 0 Å². The molecule has 1 unspecified atom stereocenters. The minimum Gasteiger partial charge on any atom is -0.309 e. The van der Waals surface area contributed by atoms with Gasteiger partial charge in [-0.2, -0.15) is 0 Å². The van der Waals surface area contributed by atoms with Gasteiger partial charge < -0.3 is 5.32 Å². The first-order chi connectivity index (χ1) is 9.15. The molecule has 1 fully saturated rings. The molecule has 19 heavy (non-hydrogen) atoms. The molecule has 0 aromatic carbocycles. The van der Waals surface area contributed by atoms with Crippen LogP contribution in [0.4, 0.5) is 0 Å². The van der Waals surface area contributed by atoms with Crippen molar-refractivity contribution in [2.75, 3.05) is 6.54 Å². The van der Waals surface area contributed by atoms with E-state index in [2.05, 4.69) is 57.1 Å². The van der Waals surface area contributed by atoms with Crippen LogP contribution in [0.2, 0.25) is 0 Å². The molecule has 0 aliphatic heterocycles. The lowest BCUT2D eigenvalue weighted by atomic mass is 9.77. The van der Waals surface area contributed by atoms with E-state index in [1.807, 2.05) is 11.3 Å². The molecular weight excluding hydrogens is 386 g/mol. The van der Waals surface area contributed by atoms with E-state index in [1.54, 1.807) is 0 Å². The fraction of sp³-hybridized carbons (Fsp3) is 0.733. The molecule has 1 aliphatic carbocycles. The van der Waals surface area contributed by atoms with Gasteiger partial charge in [0.1, 0.15) is 0 Å². The fourth-order valence-corrected chi connectivity index (χ4v) is 5.42. The molecule has 2 rings (SSSR count). The van der Waals surface area contributed by atoms with Crippen LogP contribution in [0.5, 0.6) is 0 Å². The second-order valence-electron chi connectivity index (χ2n) is 5.49. The van der Waals surface area contributed by atoms with Crippen LogP contribution >= 0.6 is 43.2 Å². The molecule has 108 valence electrons. The third-order valence-corrected chi connectivity index (χ3v) is 7.67. The number of hydrogen-bond acceptors (Lipinski definition) is 2. The molecule has 1 saturated carbocycles. The van der Waals surface area contributed by atoms with Gasteiger partial charge in [-0.05, 0) is 69.1 Å². The quantitative estimate of drug-likeness (QED) is 0.616. The van der Waals surface area contributed by atoms with E-state index in [0.717, 1.165) is 18.4 Å². The number of nitrogens with one attached hydrogen (secondary N) is 1. The van der Waals surface area contributed by atoms with Crippen LogP contribution in [0.15, 0.2) is 14.3 Å². The number of hydrogen-bond donors (Lipinski definition) is 1. The highest BCUT2D eigenvalue weighted by Gasteiger charge is 2.28. The van der Waals surface area contributed by atoms with Crippen LogP contribution in [-0.4, -0.2) is 6.54 Å². The highest BCUT2D eigenvalue weighted by Crippen LogP contribution is 2.42. The summed E-state index contributed by atoms with van der Waals surface area (Å²) < 4.78 is 2.41. The van der Waals surface area contributed by atoms with Crippen molar-refractivity contribution in [2.45, 2.75) is 52.0 Å².